The van der Waals surface area contributed by atoms with E-state index in [9.17, 15) is 9.18 Å². The topological polar surface area (TPSA) is 32.8 Å². The van der Waals surface area contributed by atoms with Gasteiger partial charge >= 0.3 is 0 Å². The zero-order valence-electron chi connectivity index (χ0n) is 11.7. The number of rotatable bonds is 3. The quantitative estimate of drug-likeness (QED) is 0.859. The number of nitrogens with zero attached hydrogens (tertiary/aromatic N) is 2. The first-order chi connectivity index (χ1) is 10.0. The summed E-state index contributed by atoms with van der Waals surface area (Å²) in [5.74, 6) is 0.236. The Morgan fingerprint density at radius 3 is 2.76 bits per heavy atom. The first-order valence-corrected chi connectivity index (χ1v) is 7.42. The highest BCUT2D eigenvalue weighted by atomic mass is 32.2. The van der Waals surface area contributed by atoms with Crippen LogP contribution in [0.4, 0.5) is 4.39 Å². The van der Waals surface area contributed by atoms with E-state index in [-0.39, 0.29) is 23.8 Å². The Bertz CT molecular complexity index is 627. The van der Waals surface area contributed by atoms with Gasteiger partial charge in [0.05, 0.1) is 5.70 Å². The molecule has 0 aromatic heterocycles. The zero-order chi connectivity index (χ0) is 15.0. The molecule has 0 fully saturated rings. The first kappa shape index (κ1) is 14.0. The number of amides is 1. The van der Waals surface area contributed by atoms with E-state index in [4.69, 9.17) is 4.74 Å². The molecule has 2 aliphatic heterocycles. The Labute approximate surface area is 126 Å². The van der Waals surface area contributed by atoms with Crippen LogP contribution in [0.25, 0.3) is 0 Å². The highest BCUT2D eigenvalue weighted by Gasteiger charge is 2.35. The van der Waals surface area contributed by atoms with Crippen LogP contribution in [-0.4, -0.2) is 34.9 Å². The Morgan fingerprint density at radius 2 is 2.05 bits per heavy atom. The molecule has 110 valence electrons. The lowest BCUT2D eigenvalue weighted by Gasteiger charge is -2.37. The van der Waals surface area contributed by atoms with Gasteiger partial charge in [-0.05, 0) is 31.2 Å². The number of hydrogen-bond donors (Lipinski definition) is 0. The number of hydrogen-bond acceptors (Lipinski definition) is 4. The number of likely N-dealkylation sites (N-methyl/N-ethyl adjacent to an activating group) is 1. The van der Waals surface area contributed by atoms with Crippen LogP contribution >= 0.6 is 11.8 Å². The molecule has 4 nitrogen and oxygen atoms in total. The number of allylic oxidation sites excluding steroid dienone is 1. The van der Waals surface area contributed by atoms with Gasteiger partial charge in [0.25, 0.3) is 5.91 Å². The van der Waals surface area contributed by atoms with Gasteiger partial charge in [-0.2, -0.15) is 0 Å². The Morgan fingerprint density at radius 1 is 1.33 bits per heavy atom. The summed E-state index contributed by atoms with van der Waals surface area (Å²) in [6.07, 6.45) is 3.44. The number of halogens is 1. The SMILES string of the molecule is CC1=CN2C(=O)C=C(COc3ccc(F)cc3)N(C)C2S1. The number of fused-ring (bicyclic) bond motifs is 1. The van der Waals surface area contributed by atoms with Crippen molar-refractivity contribution in [3.8, 4) is 5.75 Å². The summed E-state index contributed by atoms with van der Waals surface area (Å²) in [7, 11) is 1.93. The predicted molar refractivity (Wildman–Crippen MR) is 79.7 cm³/mol. The van der Waals surface area contributed by atoms with Gasteiger partial charge < -0.3 is 9.64 Å². The van der Waals surface area contributed by atoms with Crippen molar-refractivity contribution in [2.24, 2.45) is 0 Å². The summed E-state index contributed by atoms with van der Waals surface area (Å²) in [6, 6.07) is 5.84. The van der Waals surface area contributed by atoms with E-state index in [0.717, 1.165) is 10.6 Å². The molecule has 1 aromatic rings. The molecule has 2 heterocycles. The van der Waals surface area contributed by atoms with Crippen molar-refractivity contribution in [3.63, 3.8) is 0 Å². The van der Waals surface area contributed by atoms with Crippen LogP contribution in [0.15, 0.2) is 47.1 Å². The van der Waals surface area contributed by atoms with E-state index >= 15 is 0 Å². The van der Waals surface area contributed by atoms with Gasteiger partial charge in [0.15, 0.2) is 5.50 Å². The van der Waals surface area contributed by atoms with E-state index in [1.165, 1.54) is 12.1 Å². The Hall–Kier alpha value is -1.95. The second kappa shape index (κ2) is 5.44. The zero-order valence-corrected chi connectivity index (χ0v) is 12.6. The van der Waals surface area contributed by atoms with Crippen LogP contribution in [-0.2, 0) is 4.79 Å². The molecule has 0 spiro atoms. The van der Waals surface area contributed by atoms with Crippen molar-refractivity contribution in [3.05, 3.63) is 53.0 Å². The lowest BCUT2D eigenvalue weighted by atomic mass is 10.3. The third-order valence-corrected chi connectivity index (χ3v) is 4.61. The number of benzene rings is 1. The average Bonchev–Trinajstić information content (AvgIpc) is 2.86. The normalized spacial score (nSPS) is 21.1. The van der Waals surface area contributed by atoms with Crippen LogP contribution < -0.4 is 4.74 Å². The molecule has 1 aromatic carbocycles. The fraction of sp³-hybridized carbons (Fsp3) is 0.267. The van der Waals surface area contributed by atoms with Crippen molar-refractivity contribution in [2.45, 2.75) is 12.4 Å². The highest BCUT2D eigenvalue weighted by molar-refractivity contribution is 8.03. The minimum Gasteiger partial charge on any atom is -0.487 e. The smallest absolute Gasteiger partial charge is 0.254 e. The summed E-state index contributed by atoms with van der Waals surface area (Å²) >= 11 is 1.63. The van der Waals surface area contributed by atoms with Gasteiger partial charge in [-0.3, -0.25) is 9.69 Å². The maximum atomic E-state index is 12.8. The van der Waals surface area contributed by atoms with Crippen LogP contribution in [0.3, 0.4) is 0 Å². The fourth-order valence-electron chi connectivity index (χ4n) is 2.24. The van der Waals surface area contributed by atoms with Crippen LogP contribution in [0.2, 0.25) is 0 Å². The lowest BCUT2D eigenvalue weighted by Crippen LogP contribution is -2.46. The van der Waals surface area contributed by atoms with E-state index in [1.54, 1.807) is 34.9 Å². The minimum atomic E-state index is -0.300. The van der Waals surface area contributed by atoms with Gasteiger partial charge in [0.2, 0.25) is 0 Å². The third-order valence-electron chi connectivity index (χ3n) is 3.38. The van der Waals surface area contributed by atoms with Gasteiger partial charge in [0, 0.05) is 24.2 Å². The monoisotopic (exact) mass is 306 g/mol. The molecule has 0 aliphatic carbocycles. The fourth-order valence-corrected chi connectivity index (χ4v) is 3.32. The van der Waals surface area contributed by atoms with Crippen LogP contribution in [0.5, 0.6) is 5.75 Å². The summed E-state index contributed by atoms with van der Waals surface area (Å²) in [4.78, 5) is 16.9. The molecule has 0 saturated carbocycles. The minimum absolute atomic E-state index is 0.0415. The molecular weight excluding hydrogens is 291 g/mol. The molecule has 2 aliphatic rings. The Balaban J connectivity index is 1.70. The van der Waals surface area contributed by atoms with Crippen molar-refractivity contribution >= 4 is 17.7 Å². The first-order valence-electron chi connectivity index (χ1n) is 6.54. The lowest BCUT2D eigenvalue weighted by molar-refractivity contribution is -0.127. The molecule has 1 amide bonds. The molecule has 1 atom stereocenters. The van der Waals surface area contributed by atoms with E-state index < -0.39 is 0 Å². The summed E-state index contributed by atoms with van der Waals surface area (Å²) in [6.45, 7) is 2.26. The van der Waals surface area contributed by atoms with Crippen molar-refractivity contribution < 1.29 is 13.9 Å². The second-order valence-corrected chi connectivity index (χ2v) is 6.22. The van der Waals surface area contributed by atoms with Crippen molar-refractivity contribution in [1.29, 1.82) is 0 Å². The molecule has 3 rings (SSSR count). The largest absolute Gasteiger partial charge is 0.487 e. The predicted octanol–water partition coefficient (Wildman–Crippen LogP) is 2.75. The maximum Gasteiger partial charge on any atom is 0.254 e. The van der Waals surface area contributed by atoms with Crippen LogP contribution in [0, 0.1) is 5.82 Å². The average molecular weight is 306 g/mol. The maximum absolute atomic E-state index is 12.8. The highest BCUT2D eigenvalue weighted by Crippen LogP contribution is 2.37. The van der Waals surface area contributed by atoms with Crippen molar-refractivity contribution in [1.82, 2.24) is 9.80 Å². The summed E-state index contributed by atoms with van der Waals surface area (Å²) in [5, 5.41) is 0. The standard InChI is InChI=1S/C15H15FN2O2S/c1-10-8-18-14(19)7-12(17(2)15(18)21-10)9-20-13-5-3-11(16)4-6-13/h3-8,15H,9H2,1-2H3. The number of carbonyl (C=O) groups excluding carboxylic acids is 1. The summed E-state index contributed by atoms with van der Waals surface area (Å²) < 4.78 is 18.5. The van der Waals surface area contributed by atoms with Gasteiger partial charge in [0.1, 0.15) is 18.2 Å². The summed E-state index contributed by atoms with van der Waals surface area (Å²) in [5.41, 5.74) is 0.760. The Kier molecular flexibility index (Phi) is 3.63. The molecule has 1 unspecified atom stereocenters. The molecule has 0 radical (unpaired) electrons. The molecule has 0 N–H and O–H groups in total. The van der Waals surface area contributed by atoms with E-state index in [2.05, 4.69) is 0 Å². The van der Waals surface area contributed by atoms with E-state index in [1.807, 2.05) is 25.1 Å². The second-order valence-electron chi connectivity index (χ2n) is 4.92. The number of thioether (sulfide) groups is 1. The van der Waals surface area contributed by atoms with Gasteiger partial charge in [-0.1, -0.05) is 11.8 Å². The van der Waals surface area contributed by atoms with Gasteiger partial charge in [-0.15, -0.1) is 0 Å². The number of carbonyl (C=O) groups is 1. The molecule has 21 heavy (non-hydrogen) atoms. The van der Waals surface area contributed by atoms with Crippen LogP contribution in [0.1, 0.15) is 6.92 Å². The van der Waals surface area contributed by atoms with Crippen molar-refractivity contribution in [2.75, 3.05) is 13.7 Å². The van der Waals surface area contributed by atoms with E-state index in [0.29, 0.717) is 5.75 Å². The molecule has 0 saturated heterocycles. The molecule has 0 bridgehead atoms. The third kappa shape index (κ3) is 2.76. The number of ether oxygens (including phenoxy) is 1. The van der Waals surface area contributed by atoms with Gasteiger partial charge in [-0.25, -0.2) is 4.39 Å². The molecule has 6 heteroatoms. The molecular formula is C15H15FN2O2S.